The van der Waals surface area contributed by atoms with Crippen LogP contribution in [0.5, 0.6) is 0 Å². The summed E-state index contributed by atoms with van der Waals surface area (Å²) in [5.41, 5.74) is 2.25. The summed E-state index contributed by atoms with van der Waals surface area (Å²) in [5.74, 6) is 0. The third-order valence-electron chi connectivity index (χ3n) is 4.79. The van der Waals surface area contributed by atoms with Crippen molar-refractivity contribution in [2.24, 2.45) is 5.16 Å². The average Bonchev–Trinajstić information content (AvgIpc) is 3.22. The molecule has 2 aromatic carbocycles. The molecule has 1 aromatic heterocycles. The number of benzene rings is 2. The van der Waals surface area contributed by atoms with Gasteiger partial charge in [-0.1, -0.05) is 59.8 Å². The highest BCUT2D eigenvalue weighted by molar-refractivity contribution is 7.89. The summed E-state index contributed by atoms with van der Waals surface area (Å²) in [7, 11) is -3.79. The van der Waals surface area contributed by atoms with Crippen LogP contribution < -0.4 is 0 Å². The van der Waals surface area contributed by atoms with Crippen molar-refractivity contribution in [1.29, 1.82) is 0 Å². The number of hydrogen-bond acceptors (Lipinski definition) is 5. The molecule has 1 atom stereocenters. The van der Waals surface area contributed by atoms with Crippen molar-refractivity contribution in [3.63, 3.8) is 0 Å². The van der Waals surface area contributed by atoms with E-state index in [0.29, 0.717) is 11.9 Å². The van der Waals surface area contributed by atoms with Gasteiger partial charge in [0.15, 0.2) is 0 Å². The molecule has 4 rings (SSSR count). The number of sulfonamides is 1. The number of hydrogen-bond donors (Lipinski definition) is 0. The van der Waals surface area contributed by atoms with Gasteiger partial charge in [-0.2, -0.15) is 4.31 Å². The minimum Gasteiger partial charge on any atom is -0.390 e. The van der Waals surface area contributed by atoms with Crippen LogP contribution in [0.15, 0.2) is 89.6 Å². The standard InChI is InChI=1S/C22H21N3O3S/c1-2-14-25(16-19-15-20(24-28-19)17-8-4-3-5-9-17)29(26,27)21-12-6-10-18-11-7-13-23-22(18)21/h2-13,19H,1,14-16H2. The lowest BCUT2D eigenvalue weighted by Crippen LogP contribution is -2.38. The van der Waals surface area contributed by atoms with Crippen molar-refractivity contribution in [3.8, 4) is 0 Å². The molecule has 148 valence electrons. The zero-order valence-electron chi connectivity index (χ0n) is 15.8. The zero-order chi connectivity index (χ0) is 20.3. The average molecular weight is 407 g/mol. The van der Waals surface area contributed by atoms with Crippen LogP contribution in [-0.4, -0.2) is 42.6 Å². The fourth-order valence-electron chi connectivity index (χ4n) is 3.39. The first-order valence-corrected chi connectivity index (χ1v) is 10.8. The molecule has 1 unspecified atom stereocenters. The molecule has 0 fully saturated rings. The topological polar surface area (TPSA) is 71.9 Å². The molecule has 0 spiro atoms. The van der Waals surface area contributed by atoms with E-state index in [4.69, 9.17) is 4.84 Å². The third kappa shape index (κ3) is 3.92. The number of aromatic nitrogens is 1. The summed E-state index contributed by atoms with van der Waals surface area (Å²) in [6.45, 7) is 4.07. The van der Waals surface area contributed by atoms with E-state index >= 15 is 0 Å². The van der Waals surface area contributed by atoms with Crippen molar-refractivity contribution >= 4 is 26.6 Å². The van der Waals surface area contributed by atoms with E-state index in [9.17, 15) is 8.42 Å². The monoisotopic (exact) mass is 407 g/mol. The van der Waals surface area contributed by atoms with Crippen molar-refractivity contribution in [2.45, 2.75) is 17.4 Å². The highest BCUT2D eigenvalue weighted by atomic mass is 32.2. The smallest absolute Gasteiger partial charge is 0.245 e. The Morgan fingerprint density at radius 3 is 2.69 bits per heavy atom. The maximum atomic E-state index is 13.4. The summed E-state index contributed by atoms with van der Waals surface area (Å²) >= 11 is 0. The molecule has 1 aliphatic heterocycles. The lowest BCUT2D eigenvalue weighted by molar-refractivity contribution is 0.0721. The minimum absolute atomic E-state index is 0.173. The molecule has 2 heterocycles. The van der Waals surface area contributed by atoms with Gasteiger partial charge in [-0.15, -0.1) is 6.58 Å². The second-order valence-electron chi connectivity index (χ2n) is 6.78. The Kier molecular flexibility index (Phi) is 5.42. The van der Waals surface area contributed by atoms with Crippen LogP contribution in [0.3, 0.4) is 0 Å². The lowest BCUT2D eigenvalue weighted by atomic mass is 10.1. The second-order valence-corrected chi connectivity index (χ2v) is 8.68. The first kappa shape index (κ1) is 19.3. The summed E-state index contributed by atoms with van der Waals surface area (Å²) in [4.78, 5) is 10.0. The summed E-state index contributed by atoms with van der Waals surface area (Å²) in [6.07, 6.45) is 3.35. The van der Waals surface area contributed by atoms with Gasteiger partial charge in [-0.25, -0.2) is 8.42 Å². The van der Waals surface area contributed by atoms with Gasteiger partial charge in [0.05, 0.1) is 17.8 Å². The Morgan fingerprint density at radius 1 is 1.10 bits per heavy atom. The first-order chi connectivity index (χ1) is 14.1. The molecule has 7 heteroatoms. The Balaban J connectivity index is 1.58. The second kappa shape index (κ2) is 8.14. The highest BCUT2D eigenvalue weighted by Gasteiger charge is 2.31. The van der Waals surface area contributed by atoms with E-state index in [1.54, 1.807) is 30.5 Å². The molecule has 29 heavy (non-hydrogen) atoms. The van der Waals surface area contributed by atoms with E-state index in [-0.39, 0.29) is 24.1 Å². The molecule has 0 saturated carbocycles. The van der Waals surface area contributed by atoms with Crippen LogP contribution in [-0.2, 0) is 14.9 Å². The molecule has 6 nitrogen and oxygen atoms in total. The van der Waals surface area contributed by atoms with Gasteiger partial charge in [0.25, 0.3) is 0 Å². The summed E-state index contributed by atoms with van der Waals surface area (Å²) in [6, 6.07) is 18.5. The molecule has 0 bridgehead atoms. The number of fused-ring (bicyclic) bond motifs is 1. The Morgan fingerprint density at radius 2 is 1.90 bits per heavy atom. The van der Waals surface area contributed by atoms with Crippen molar-refractivity contribution in [1.82, 2.24) is 9.29 Å². The Labute approximate surface area is 170 Å². The van der Waals surface area contributed by atoms with E-state index in [1.807, 2.05) is 42.5 Å². The fourth-order valence-corrected chi connectivity index (χ4v) is 5.00. The van der Waals surface area contributed by atoms with Gasteiger partial charge < -0.3 is 4.84 Å². The predicted octanol–water partition coefficient (Wildman–Crippen LogP) is 3.60. The molecule has 0 radical (unpaired) electrons. The van der Waals surface area contributed by atoms with Gasteiger partial charge >= 0.3 is 0 Å². The first-order valence-electron chi connectivity index (χ1n) is 9.32. The van der Waals surface area contributed by atoms with Crippen LogP contribution in [0, 0.1) is 0 Å². The number of rotatable bonds is 7. The number of para-hydroxylation sites is 1. The fraction of sp³-hybridized carbons (Fsp3) is 0.182. The van der Waals surface area contributed by atoms with Crippen molar-refractivity contribution in [3.05, 3.63) is 85.1 Å². The van der Waals surface area contributed by atoms with Crippen LogP contribution in [0.25, 0.3) is 10.9 Å². The number of nitrogens with zero attached hydrogens (tertiary/aromatic N) is 3. The van der Waals surface area contributed by atoms with Gasteiger partial charge in [-0.3, -0.25) is 4.98 Å². The molecule has 0 saturated heterocycles. The Hall–Kier alpha value is -3.03. The quantitative estimate of drug-likeness (QED) is 0.561. The van der Waals surface area contributed by atoms with E-state index < -0.39 is 10.0 Å². The third-order valence-corrected chi connectivity index (χ3v) is 6.66. The van der Waals surface area contributed by atoms with Crippen LogP contribution in [0.4, 0.5) is 0 Å². The predicted molar refractivity (Wildman–Crippen MR) is 113 cm³/mol. The molecule has 3 aromatic rings. The normalized spacial score (nSPS) is 16.6. The van der Waals surface area contributed by atoms with E-state index in [2.05, 4.69) is 16.7 Å². The van der Waals surface area contributed by atoms with Crippen molar-refractivity contribution in [2.75, 3.05) is 13.1 Å². The molecule has 0 N–H and O–H groups in total. The highest BCUT2D eigenvalue weighted by Crippen LogP contribution is 2.26. The largest absolute Gasteiger partial charge is 0.390 e. The molecule has 0 amide bonds. The lowest BCUT2D eigenvalue weighted by Gasteiger charge is -2.23. The summed E-state index contributed by atoms with van der Waals surface area (Å²) < 4.78 is 28.2. The van der Waals surface area contributed by atoms with Gasteiger partial charge in [0, 0.05) is 24.5 Å². The molecule has 1 aliphatic rings. The maximum Gasteiger partial charge on any atom is 0.245 e. The van der Waals surface area contributed by atoms with Crippen LogP contribution >= 0.6 is 0 Å². The van der Waals surface area contributed by atoms with Gasteiger partial charge in [-0.05, 0) is 17.7 Å². The van der Waals surface area contributed by atoms with Crippen LogP contribution in [0.2, 0.25) is 0 Å². The summed E-state index contributed by atoms with van der Waals surface area (Å²) in [5, 5.41) is 4.94. The SMILES string of the molecule is C=CCN(CC1CC(c2ccccc2)=NO1)S(=O)(=O)c1cccc2cccnc12. The number of pyridine rings is 1. The van der Waals surface area contributed by atoms with Crippen molar-refractivity contribution < 1.29 is 13.3 Å². The molecular weight excluding hydrogens is 386 g/mol. The Bertz CT molecular complexity index is 1150. The van der Waals surface area contributed by atoms with Crippen LogP contribution in [0.1, 0.15) is 12.0 Å². The van der Waals surface area contributed by atoms with E-state index in [1.165, 1.54) is 4.31 Å². The van der Waals surface area contributed by atoms with E-state index in [0.717, 1.165) is 16.7 Å². The maximum absolute atomic E-state index is 13.4. The number of oxime groups is 1. The van der Waals surface area contributed by atoms with Gasteiger partial charge in [0.2, 0.25) is 10.0 Å². The molecule has 0 aliphatic carbocycles. The minimum atomic E-state index is -3.79. The molecular formula is C22H21N3O3S. The van der Waals surface area contributed by atoms with Gasteiger partial charge in [0.1, 0.15) is 11.0 Å². The zero-order valence-corrected chi connectivity index (χ0v) is 16.6.